The predicted octanol–water partition coefficient (Wildman–Crippen LogP) is 2.99. The number of nitrogens with one attached hydrogen (secondary N) is 1. The van der Waals surface area contributed by atoms with Crippen LogP contribution < -0.4 is 9.62 Å². The second kappa shape index (κ2) is 7.16. The summed E-state index contributed by atoms with van der Waals surface area (Å²) in [6, 6.07) is 7.09. The molecule has 2 aromatic carbocycles. The lowest BCUT2D eigenvalue weighted by molar-refractivity contribution is -0.387. The molecule has 0 spiro atoms. The number of thioether (sulfide) groups is 1. The lowest BCUT2D eigenvalue weighted by Gasteiger charge is -2.28. The van der Waals surface area contributed by atoms with Gasteiger partial charge in [-0.3, -0.25) is 19.6 Å². The molecule has 0 aromatic heterocycles. The van der Waals surface area contributed by atoms with Crippen LogP contribution in [0.2, 0.25) is 0 Å². The van der Waals surface area contributed by atoms with E-state index in [0.29, 0.717) is 18.0 Å². The molecule has 1 amide bonds. The normalized spacial score (nSPS) is 13.8. The van der Waals surface area contributed by atoms with E-state index in [1.807, 2.05) is 0 Å². The third-order valence-electron chi connectivity index (χ3n) is 3.88. The number of fused-ring (bicyclic) bond motifs is 1. The van der Waals surface area contributed by atoms with Crippen LogP contribution in [0.4, 0.5) is 21.5 Å². The van der Waals surface area contributed by atoms with Gasteiger partial charge in [0.2, 0.25) is 11.7 Å². The minimum atomic E-state index is -4.09. The maximum atomic E-state index is 13.4. The van der Waals surface area contributed by atoms with Crippen LogP contribution in [0.1, 0.15) is 6.92 Å². The lowest BCUT2D eigenvalue weighted by Crippen LogP contribution is -2.33. The Labute approximate surface area is 158 Å². The number of carbonyl (C=O) groups is 1. The van der Waals surface area contributed by atoms with E-state index in [1.54, 1.807) is 6.07 Å². The van der Waals surface area contributed by atoms with Gasteiger partial charge in [-0.2, -0.15) is 4.39 Å². The number of hydrogen-bond donors (Lipinski definition) is 1. The molecule has 11 heteroatoms. The van der Waals surface area contributed by atoms with Crippen LogP contribution in [0.25, 0.3) is 0 Å². The average Bonchev–Trinajstić information content (AvgIpc) is 2.61. The molecule has 0 bridgehead atoms. The molecule has 0 radical (unpaired) electrons. The van der Waals surface area contributed by atoms with E-state index < -0.39 is 26.5 Å². The minimum absolute atomic E-state index is 0.109. The van der Waals surface area contributed by atoms with E-state index in [0.717, 1.165) is 23.1 Å². The van der Waals surface area contributed by atoms with Gasteiger partial charge < -0.3 is 4.90 Å². The molecule has 0 aliphatic carbocycles. The number of halogens is 1. The van der Waals surface area contributed by atoms with Crippen LogP contribution >= 0.6 is 11.8 Å². The van der Waals surface area contributed by atoms with E-state index >= 15 is 0 Å². The monoisotopic (exact) mass is 411 g/mol. The van der Waals surface area contributed by atoms with Gasteiger partial charge in [0.15, 0.2) is 0 Å². The standard InChI is InChI=1S/C16H14FN3O5S2/c1-10(21)19-6-7-26-16-5-3-12(9-15(16)19)27(24,25)18-11-2-4-13(17)14(8-11)20(22)23/h2-5,8-9,18H,6-7H2,1H3. The van der Waals surface area contributed by atoms with Gasteiger partial charge in [0.1, 0.15) is 0 Å². The summed E-state index contributed by atoms with van der Waals surface area (Å²) in [5.74, 6) is -0.560. The van der Waals surface area contributed by atoms with Gasteiger partial charge in [-0.1, -0.05) is 0 Å². The summed E-state index contributed by atoms with van der Waals surface area (Å²) >= 11 is 1.51. The average molecular weight is 411 g/mol. The minimum Gasteiger partial charge on any atom is -0.311 e. The van der Waals surface area contributed by atoms with Crippen molar-refractivity contribution in [3.05, 3.63) is 52.3 Å². The molecular formula is C16H14FN3O5S2. The summed E-state index contributed by atoms with van der Waals surface area (Å²) < 4.78 is 40.9. The molecule has 0 fully saturated rings. The highest BCUT2D eigenvalue weighted by atomic mass is 32.2. The predicted molar refractivity (Wildman–Crippen MR) is 99.1 cm³/mol. The number of rotatable bonds is 4. The van der Waals surface area contributed by atoms with Crippen molar-refractivity contribution in [3.8, 4) is 0 Å². The van der Waals surface area contributed by atoms with Crippen molar-refractivity contribution in [2.75, 3.05) is 21.9 Å². The molecule has 2 aromatic rings. The number of nitro benzene ring substituents is 1. The van der Waals surface area contributed by atoms with Gasteiger partial charge in [-0.15, -0.1) is 11.8 Å². The Balaban J connectivity index is 1.96. The second-order valence-corrected chi connectivity index (χ2v) is 8.50. The Morgan fingerprint density at radius 2 is 2.04 bits per heavy atom. The summed E-state index contributed by atoms with van der Waals surface area (Å²) in [4.78, 5) is 23.9. The number of hydrogen-bond acceptors (Lipinski definition) is 6. The second-order valence-electron chi connectivity index (χ2n) is 5.68. The number of nitro groups is 1. The number of anilines is 2. The fourth-order valence-electron chi connectivity index (χ4n) is 2.62. The Morgan fingerprint density at radius 3 is 2.70 bits per heavy atom. The van der Waals surface area contributed by atoms with E-state index in [1.165, 1.54) is 35.7 Å². The summed E-state index contributed by atoms with van der Waals surface area (Å²) in [5.41, 5.74) is -0.481. The Morgan fingerprint density at radius 1 is 1.30 bits per heavy atom. The molecule has 0 atom stereocenters. The first-order valence-electron chi connectivity index (χ1n) is 7.71. The van der Waals surface area contributed by atoms with Gasteiger partial charge in [0.05, 0.1) is 21.2 Å². The van der Waals surface area contributed by atoms with Crippen LogP contribution in [0.15, 0.2) is 46.2 Å². The van der Waals surface area contributed by atoms with Gasteiger partial charge in [0.25, 0.3) is 10.0 Å². The molecule has 142 valence electrons. The first-order chi connectivity index (χ1) is 12.7. The zero-order chi connectivity index (χ0) is 19.8. The van der Waals surface area contributed by atoms with Crippen LogP contribution in [0.3, 0.4) is 0 Å². The van der Waals surface area contributed by atoms with E-state index in [4.69, 9.17) is 0 Å². The molecule has 1 aliphatic heterocycles. The first kappa shape index (κ1) is 19.1. The lowest BCUT2D eigenvalue weighted by atomic mass is 10.2. The highest BCUT2D eigenvalue weighted by Gasteiger charge is 2.24. The quantitative estimate of drug-likeness (QED) is 0.612. The van der Waals surface area contributed by atoms with Gasteiger partial charge in [-0.05, 0) is 30.3 Å². The topological polar surface area (TPSA) is 110 Å². The molecule has 1 N–H and O–H groups in total. The van der Waals surface area contributed by atoms with E-state index in [-0.39, 0.29) is 16.5 Å². The highest BCUT2D eigenvalue weighted by Crippen LogP contribution is 2.36. The SMILES string of the molecule is CC(=O)N1CCSc2ccc(S(=O)(=O)Nc3ccc(F)c([N+](=O)[O-])c3)cc21. The number of carbonyl (C=O) groups excluding carboxylic acids is 1. The number of nitrogens with zero attached hydrogens (tertiary/aromatic N) is 2. The van der Waals surface area contributed by atoms with Crippen LogP contribution in [0.5, 0.6) is 0 Å². The molecule has 27 heavy (non-hydrogen) atoms. The van der Waals surface area contributed by atoms with Gasteiger partial charge in [-0.25, -0.2) is 8.42 Å². The largest absolute Gasteiger partial charge is 0.311 e. The molecule has 0 unspecified atom stereocenters. The maximum absolute atomic E-state index is 13.4. The zero-order valence-corrected chi connectivity index (χ0v) is 15.6. The molecule has 1 heterocycles. The third-order valence-corrected chi connectivity index (χ3v) is 6.30. The van der Waals surface area contributed by atoms with Gasteiger partial charge in [0, 0.05) is 30.2 Å². The number of amides is 1. The van der Waals surface area contributed by atoms with Crippen LogP contribution in [-0.2, 0) is 14.8 Å². The van der Waals surface area contributed by atoms with Crippen molar-refractivity contribution in [1.29, 1.82) is 0 Å². The van der Waals surface area contributed by atoms with Crippen molar-refractivity contribution < 1.29 is 22.5 Å². The number of sulfonamides is 1. The first-order valence-corrected chi connectivity index (χ1v) is 10.2. The molecule has 8 nitrogen and oxygen atoms in total. The molecule has 0 saturated carbocycles. The van der Waals surface area contributed by atoms with Crippen molar-refractivity contribution in [3.63, 3.8) is 0 Å². The van der Waals surface area contributed by atoms with Gasteiger partial charge >= 0.3 is 5.69 Å². The fourth-order valence-corrected chi connectivity index (χ4v) is 4.67. The van der Waals surface area contributed by atoms with E-state index in [9.17, 15) is 27.7 Å². The van der Waals surface area contributed by atoms with Crippen molar-refractivity contribution in [2.45, 2.75) is 16.7 Å². The molecule has 0 saturated heterocycles. The Bertz CT molecular complexity index is 1040. The Hall–Kier alpha value is -2.66. The van der Waals surface area contributed by atoms with Crippen molar-refractivity contribution >= 4 is 44.8 Å². The number of benzene rings is 2. The molecule has 1 aliphatic rings. The summed E-state index contributed by atoms with van der Waals surface area (Å²) in [6.07, 6.45) is 0. The Kier molecular flexibility index (Phi) is 5.07. The molecular weight excluding hydrogens is 397 g/mol. The summed E-state index contributed by atoms with van der Waals surface area (Å²) in [6.45, 7) is 1.87. The van der Waals surface area contributed by atoms with Crippen molar-refractivity contribution in [1.82, 2.24) is 0 Å². The smallest absolute Gasteiger partial charge is 0.306 e. The summed E-state index contributed by atoms with van der Waals surface area (Å²) in [5, 5.41) is 10.8. The van der Waals surface area contributed by atoms with Crippen LogP contribution in [0, 0.1) is 15.9 Å². The fraction of sp³-hybridized carbons (Fsp3) is 0.188. The zero-order valence-electron chi connectivity index (χ0n) is 14.0. The highest BCUT2D eigenvalue weighted by molar-refractivity contribution is 7.99. The third kappa shape index (κ3) is 3.88. The maximum Gasteiger partial charge on any atom is 0.306 e. The van der Waals surface area contributed by atoms with E-state index in [2.05, 4.69) is 4.72 Å². The molecule has 3 rings (SSSR count). The summed E-state index contributed by atoms with van der Waals surface area (Å²) in [7, 11) is -4.09. The van der Waals surface area contributed by atoms with Crippen molar-refractivity contribution in [2.24, 2.45) is 0 Å². The van der Waals surface area contributed by atoms with Crippen LogP contribution in [-0.4, -0.2) is 31.5 Å².